The molecule has 0 radical (unpaired) electrons. The third-order valence-electron chi connectivity index (χ3n) is 2.91. The summed E-state index contributed by atoms with van der Waals surface area (Å²) in [5, 5.41) is 3.27. The molecule has 1 aliphatic rings. The summed E-state index contributed by atoms with van der Waals surface area (Å²) in [6.07, 6.45) is 3.55. The molecular formula is C13H20N2O2. The van der Waals surface area contributed by atoms with Crippen LogP contribution < -0.4 is 5.32 Å². The zero-order chi connectivity index (χ0) is 11.9. The molecule has 1 aliphatic carbocycles. The maximum atomic E-state index is 5.37. The third-order valence-corrected chi connectivity index (χ3v) is 2.91. The number of nitrogens with zero attached hydrogens (tertiary/aromatic N) is 1. The van der Waals surface area contributed by atoms with Crippen LogP contribution >= 0.6 is 0 Å². The van der Waals surface area contributed by atoms with Crippen molar-refractivity contribution in [2.45, 2.75) is 19.3 Å². The molecule has 0 saturated carbocycles. The minimum Gasteiger partial charge on any atom is -0.382 e. The molecule has 0 fully saturated rings. The Hall–Kier alpha value is -1.13. The standard InChI is InChI=1S/C13H20N2O2/c1-16-9-10-17-8-7-14-13-6-5-11-3-2-4-12(11)15-13/h5-6H,2-4,7-10H2,1H3,(H,14,15). The number of rotatable bonds is 7. The molecule has 0 aromatic carbocycles. The highest BCUT2D eigenvalue weighted by Gasteiger charge is 2.11. The minimum atomic E-state index is 0.649. The first-order valence-corrected chi connectivity index (χ1v) is 6.19. The lowest BCUT2D eigenvalue weighted by Crippen LogP contribution is -2.13. The lowest BCUT2D eigenvalue weighted by molar-refractivity contribution is 0.0759. The summed E-state index contributed by atoms with van der Waals surface area (Å²) in [4.78, 5) is 4.60. The van der Waals surface area contributed by atoms with Crippen LogP contribution in [0.5, 0.6) is 0 Å². The van der Waals surface area contributed by atoms with Crippen LogP contribution in [-0.4, -0.2) is 38.5 Å². The fraction of sp³-hybridized carbons (Fsp3) is 0.615. The van der Waals surface area contributed by atoms with Gasteiger partial charge in [-0.25, -0.2) is 4.98 Å². The van der Waals surface area contributed by atoms with Crippen LogP contribution in [-0.2, 0) is 22.3 Å². The first-order chi connectivity index (χ1) is 8.40. The Labute approximate surface area is 102 Å². The molecular weight excluding hydrogens is 216 g/mol. The van der Waals surface area contributed by atoms with Crippen LogP contribution in [0.1, 0.15) is 17.7 Å². The summed E-state index contributed by atoms with van der Waals surface area (Å²) < 4.78 is 10.3. The summed E-state index contributed by atoms with van der Waals surface area (Å²) in [5.41, 5.74) is 2.67. The van der Waals surface area contributed by atoms with E-state index in [0.29, 0.717) is 19.8 Å². The van der Waals surface area contributed by atoms with Crippen molar-refractivity contribution in [3.8, 4) is 0 Å². The normalized spacial score (nSPS) is 13.7. The van der Waals surface area contributed by atoms with Crippen molar-refractivity contribution in [1.82, 2.24) is 4.98 Å². The Morgan fingerprint density at radius 3 is 3.06 bits per heavy atom. The molecule has 4 nitrogen and oxygen atoms in total. The van der Waals surface area contributed by atoms with E-state index in [-0.39, 0.29) is 0 Å². The van der Waals surface area contributed by atoms with Crippen molar-refractivity contribution in [1.29, 1.82) is 0 Å². The Bertz CT molecular complexity index is 355. The number of nitrogens with one attached hydrogen (secondary N) is 1. The van der Waals surface area contributed by atoms with Gasteiger partial charge in [0.1, 0.15) is 5.82 Å². The lowest BCUT2D eigenvalue weighted by atomic mass is 10.2. The Kier molecular flexibility index (Phi) is 4.76. The van der Waals surface area contributed by atoms with Gasteiger partial charge in [-0.3, -0.25) is 0 Å². The van der Waals surface area contributed by atoms with E-state index in [1.54, 1.807) is 7.11 Å². The van der Waals surface area contributed by atoms with Gasteiger partial charge in [0.2, 0.25) is 0 Å². The molecule has 0 amide bonds. The SMILES string of the molecule is COCCOCCNc1ccc2c(n1)CCC2. The zero-order valence-corrected chi connectivity index (χ0v) is 10.4. The molecule has 0 aliphatic heterocycles. The first-order valence-electron chi connectivity index (χ1n) is 6.19. The fourth-order valence-corrected chi connectivity index (χ4v) is 2.01. The number of pyridine rings is 1. The van der Waals surface area contributed by atoms with E-state index in [9.17, 15) is 0 Å². The predicted octanol–water partition coefficient (Wildman–Crippen LogP) is 1.65. The molecule has 4 heteroatoms. The highest BCUT2D eigenvalue weighted by Crippen LogP contribution is 2.21. The molecule has 94 valence electrons. The van der Waals surface area contributed by atoms with Gasteiger partial charge in [0.25, 0.3) is 0 Å². The minimum absolute atomic E-state index is 0.649. The summed E-state index contributed by atoms with van der Waals surface area (Å²) in [6.45, 7) is 2.77. The van der Waals surface area contributed by atoms with E-state index in [0.717, 1.165) is 18.8 Å². The average molecular weight is 236 g/mol. The highest BCUT2D eigenvalue weighted by molar-refractivity contribution is 5.40. The molecule has 17 heavy (non-hydrogen) atoms. The van der Waals surface area contributed by atoms with Gasteiger partial charge < -0.3 is 14.8 Å². The zero-order valence-electron chi connectivity index (χ0n) is 10.4. The molecule has 0 spiro atoms. The van der Waals surface area contributed by atoms with E-state index >= 15 is 0 Å². The van der Waals surface area contributed by atoms with Gasteiger partial charge in [0, 0.05) is 19.3 Å². The summed E-state index contributed by atoms with van der Waals surface area (Å²) in [5.74, 6) is 0.959. The number of ether oxygens (including phenoxy) is 2. The molecule has 0 atom stereocenters. The number of hydrogen-bond donors (Lipinski definition) is 1. The van der Waals surface area contributed by atoms with Gasteiger partial charge in [0.15, 0.2) is 0 Å². The first kappa shape index (κ1) is 12.3. The lowest BCUT2D eigenvalue weighted by Gasteiger charge is -2.08. The smallest absolute Gasteiger partial charge is 0.126 e. The van der Waals surface area contributed by atoms with E-state index in [4.69, 9.17) is 9.47 Å². The van der Waals surface area contributed by atoms with Crippen LogP contribution in [0.25, 0.3) is 0 Å². The Morgan fingerprint density at radius 1 is 1.24 bits per heavy atom. The molecule has 1 heterocycles. The van der Waals surface area contributed by atoms with Crippen LogP contribution in [0, 0.1) is 0 Å². The monoisotopic (exact) mass is 236 g/mol. The van der Waals surface area contributed by atoms with Gasteiger partial charge in [-0.2, -0.15) is 0 Å². The van der Waals surface area contributed by atoms with Crippen molar-refractivity contribution in [3.05, 3.63) is 23.4 Å². The van der Waals surface area contributed by atoms with Crippen molar-refractivity contribution in [2.75, 3.05) is 38.8 Å². The molecule has 0 unspecified atom stereocenters. The van der Waals surface area contributed by atoms with Crippen LogP contribution in [0.4, 0.5) is 5.82 Å². The maximum absolute atomic E-state index is 5.37. The second-order valence-electron chi connectivity index (χ2n) is 4.19. The molecule has 1 aromatic heterocycles. The maximum Gasteiger partial charge on any atom is 0.126 e. The second kappa shape index (κ2) is 6.57. The predicted molar refractivity (Wildman–Crippen MR) is 67.4 cm³/mol. The number of hydrogen-bond acceptors (Lipinski definition) is 4. The van der Waals surface area contributed by atoms with Crippen LogP contribution in [0.15, 0.2) is 12.1 Å². The number of aryl methyl sites for hydroxylation is 2. The molecule has 0 bridgehead atoms. The van der Waals surface area contributed by atoms with E-state index in [2.05, 4.69) is 22.4 Å². The van der Waals surface area contributed by atoms with E-state index in [1.807, 2.05) is 0 Å². The molecule has 0 saturated heterocycles. The summed E-state index contributed by atoms with van der Waals surface area (Å²) in [6, 6.07) is 4.24. The third kappa shape index (κ3) is 3.68. The molecule has 2 rings (SSSR count). The Balaban J connectivity index is 1.69. The van der Waals surface area contributed by atoms with Gasteiger partial charge in [0.05, 0.1) is 19.8 Å². The number of aromatic nitrogens is 1. The topological polar surface area (TPSA) is 43.4 Å². The van der Waals surface area contributed by atoms with Gasteiger partial charge >= 0.3 is 0 Å². The van der Waals surface area contributed by atoms with Gasteiger partial charge in [-0.15, -0.1) is 0 Å². The quantitative estimate of drug-likeness (QED) is 0.731. The number of methoxy groups -OCH3 is 1. The van der Waals surface area contributed by atoms with Crippen LogP contribution in [0.3, 0.4) is 0 Å². The highest BCUT2D eigenvalue weighted by atomic mass is 16.5. The van der Waals surface area contributed by atoms with Crippen molar-refractivity contribution >= 4 is 5.82 Å². The van der Waals surface area contributed by atoms with E-state index < -0.39 is 0 Å². The van der Waals surface area contributed by atoms with Crippen molar-refractivity contribution in [2.24, 2.45) is 0 Å². The van der Waals surface area contributed by atoms with Crippen LogP contribution in [0.2, 0.25) is 0 Å². The van der Waals surface area contributed by atoms with Gasteiger partial charge in [-0.05, 0) is 30.9 Å². The summed E-state index contributed by atoms with van der Waals surface area (Å²) >= 11 is 0. The average Bonchev–Trinajstić information content (AvgIpc) is 2.81. The van der Waals surface area contributed by atoms with E-state index in [1.165, 1.54) is 24.1 Å². The number of fused-ring (bicyclic) bond motifs is 1. The molecule has 1 aromatic rings. The van der Waals surface area contributed by atoms with Crippen molar-refractivity contribution in [3.63, 3.8) is 0 Å². The number of anilines is 1. The second-order valence-corrected chi connectivity index (χ2v) is 4.19. The summed E-state index contributed by atoms with van der Waals surface area (Å²) in [7, 11) is 1.68. The van der Waals surface area contributed by atoms with Gasteiger partial charge in [-0.1, -0.05) is 6.07 Å². The fourth-order valence-electron chi connectivity index (χ4n) is 2.01. The largest absolute Gasteiger partial charge is 0.382 e. The molecule has 1 N–H and O–H groups in total. The Morgan fingerprint density at radius 2 is 2.18 bits per heavy atom. The van der Waals surface area contributed by atoms with Crippen molar-refractivity contribution < 1.29 is 9.47 Å².